The Kier molecular flexibility index (Phi) is 3.98. The molecule has 144 valence electrons. The molecule has 1 aromatic heterocycles. The Morgan fingerprint density at radius 2 is 1.81 bits per heavy atom. The highest BCUT2D eigenvalue weighted by atomic mass is 14.6. The number of pyridine rings is 1. The molecule has 1 heterocycles. The molecule has 2 saturated carbocycles. The van der Waals surface area contributed by atoms with E-state index in [2.05, 4.69) is 57.1 Å². The summed E-state index contributed by atoms with van der Waals surface area (Å²) in [5.41, 5.74) is 7.06. The topological polar surface area (TPSA) is 12.9 Å². The SMILES string of the molecule is Cc1ccncc1C1=CC[C@H]2[C@@H]3CC=C4C[C@@H](C)CC[C@]4(C)[C@H]3CC[C@]12C. The highest BCUT2D eigenvalue weighted by Gasteiger charge is 2.56. The minimum atomic E-state index is 0.346. The van der Waals surface area contributed by atoms with Crippen molar-refractivity contribution in [1.82, 2.24) is 4.98 Å². The van der Waals surface area contributed by atoms with Crippen LogP contribution in [-0.2, 0) is 0 Å². The van der Waals surface area contributed by atoms with Crippen molar-refractivity contribution < 1.29 is 0 Å². The smallest absolute Gasteiger partial charge is 0.0345 e. The Morgan fingerprint density at radius 3 is 2.63 bits per heavy atom. The summed E-state index contributed by atoms with van der Waals surface area (Å²) in [5, 5.41) is 0. The highest BCUT2D eigenvalue weighted by Crippen LogP contribution is 2.66. The van der Waals surface area contributed by atoms with Crippen molar-refractivity contribution in [2.75, 3.05) is 0 Å². The average molecular weight is 362 g/mol. The molecule has 0 aliphatic heterocycles. The molecule has 4 aliphatic carbocycles. The number of aromatic nitrogens is 1. The minimum absolute atomic E-state index is 0.346. The van der Waals surface area contributed by atoms with Crippen LogP contribution >= 0.6 is 0 Å². The Balaban J connectivity index is 1.49. The molecule has 0 N–H and O–H groups in total. The first kappa shape index (κ1) is 17.7. The van der Waals surface area contributed by atoms with Gasteiger partial charge >= 0.3 is 0 Å². The molecule has 27 heavy (non-hydrogen) atoms. The van der Waals surface area contributed by atoms with Crippen LogP contribution < -0.4 is 0 Å². The summed E-state index contributed by atoms with van der Waals surface area (Å²) >= 11 is 0. The van der Waals surface area contributed by atoms with E-state index in [1.54, 1.807) is 5.57 Å². The third-order valence-electron chi connectivity index (χ3n) is 9.26. The first-order valence-electron chi connectivity index (χ1n) is 11.2. The zero-order valence-corrected chi connectivity index (χ0v) is 17.6. The second-order valence-corrected chi connectivity index (χ2v) is 10.6. The van der Waals surface area contributed by atoms with Crippen LogP contribution in [0.15, 0.2) is 36.2 Å². The zero-order chi connectivity index (χ0) is 18.8. The van der Waals surface area contributed by atoms with Gasteiger partial charge in [-0.25, -0.2) is 0 Å². The van der Waals surface area contributed by atoms with Gasteiger partial charge in [0.25, 0.3) is 0 Å². The van der Waals surface area contributed by atoms with Gasteiger partial charge in [0.2, 0.25) is 0 Å². The van der Waals surface area contributed by atoms with E-state index < -0.39 is 0 Å². The van der Waals surface area contributed by atoms with Crippen molar-refractivity contribution in [3.8, 4) is 0 Å². The maximum absolute atomic E-state index is 4.46. The summed E-state index contributed by atoms with van der Waals surface area (Å²) < 4.78 is 0. The van der Waals surface area contributed by atoms with Crippen molar-refractivity contribution in [1.29, 1.82) is 0 Å². The second-order valence-electron chi connectivity index (χ2n) is 10.6. The summed E-state index contributed by atoms with van der Waals surface area (Å²) in [7, 11) is 0. The molecule has 6 atom stereocenters. The number of allylic oxidation sites excluding steroid dienone is 4. The molecule has 5 rings (SSSR count). The summed E-state index contributed by atoms with van der Waals surface area (Å²) in [6, 6.07) is 2.18. The maximum Gasteiger partial charge on any atom is 0.0345 e. The summed E-state index contributed by atoms with van der Waals surface area (Å²) in [4.78, 5) is 4.46. The van der Waals surface area contributed by atoms with Crippen molar-refractivity contribution in [3.63, 3.8) is 0 Å². The standard InChI is InChI=1S/C26H35N/c1-17-9-12-25(3)19(15-17)5-6-20-22-7-8-23(21-16-27-14-11-18(21)2)26(22,4)13-10-24(20)25/h5,8,11,14,16-17,20,22,24H,6-7,9-10,12-13,15H2,1-4H3/t17-,20-,22-,24-,25-,26-/m0/s1. The van der Waals surface area contributed by atoms with Gasteiger partial charge in [0, 0.05) is 12.4 Å². The first-order chi connectivity index (χ1) is 12.9. The van der Waals surface area contributed by atoms with Crippen LogP contribution in [-0.4, -0.2) is 4.98 Å². The number of fused-ring (bicyclic) bond motifs is 5. The molecule has 0 bridgehead atoms. The molecule has 0 amide bonds. The van der Waals surface area contributed by atoms with Gasteiger partial charge in [0.1, 0.15) is 0 Å². The Labute approximate surface area is 165 Å². The fourth-order valence-corrected chi connectivity index (χ4v) is 7.57. The van der Waals surface area contributed by atoms with E-state index in [1.807, 2.05) is 11.8 Å². The van der Waals surface area contributed by atoms with Gasteiger partial charge < -0.3 is 0 Å². The number of rotatable bonds is 1. The van der Waals surface area contributed by atoms with Gasteiger partial charge in [-0.15, -0.1) is 0 Å². The largest absolute Gasteiger partial charge is 0.264 e. The van der Waals surface area contributed by atoms with Crippen LogP contribution in [0.25, 0.3) is 5.57 Å². The number of hydrogen-bond donors (Lipinski definition) is 0. The highest BCUT2D eigenvalue weighted by molar-refractivity contribution is 5.74. The Bertz CT molecular complexity index is 817. The van der Waals surface area contributed by atoms with Gasteiger partial charge in [-0.3, -0.25) is 4.98 Å². The van der Waals surface area contributed by atoms with Gasteiger partial charge in [0.05, 0.1) is 0 Å². The quantitative estimate of drug-likeness (QED) is 0.492. The molecular formula is C26H35N. The van der Waals surface area contributed by atoms with E-state index in [0.29, 0.717) is 10.8 Å². The van der Waals surface area contributed by atoms with Gasteiger partial charge in [-0.05, 0) is 109 Å². The third kappa shape index (κ3) is 2.46. The molecule has 0 spiro atoms. The number of nitrogens with zero attached hydrogens (tertiary/aromatic N) is 1. The van der Waals surface area contributed by atoms with Crippen molar-refractivity contribution in [2.24, 2.45) is 34.5 Å². The van der Waals surface area contributed by atoms with E-state index in [0.717, 1.165) is 23.7 Å². The molecule has 1 nitrogen and oxygen atoms in total. The molecule has 2 fully saturated rings. The van der Waals surface area contributed by atoms with Crippen LogP contribution in [0.5, 0.6) is 0 Å². The molecule has 0 saturated heterocycles. The lowest BCUT2D eigenvalue weighted by Gasteiger charge is -2.58. The van der Waals surface area contributed by atoms with Crippen LogP contribution in [0.4, 0.5) is 0 Å². The lowest BCUT2D eigenvalue weighted by Crippen LogP contribution is -2.49. The van der Waals surface area contributed by atoms with Crippen molar-refractivity contribution in [3.05, 3.63) is 47.3 Å². The normalized spacial score (nSPS) is 43.3. The number of aryl methyl sites for hydroxylation is 1. The van der Waals surface area contributed by atoms with Crippen molar-refractivity contribution in [2.45, 2.75) is 72.6 Å². The fourth-order valence-electron chi connectivity index (χ4n) is 7.57. The van der Waals surface area contributed by atoms with Crippen LogP contribution in [0, 0.1) is 41.4 Å². The van der Waals surface area contributed by atoms with E-state index in [-0.39, 0.29) is 0 Å². The first-order valence-corrected chi connectivity index (χ1v) is 11.2. The summed E-state index contributed by atoms with van der Waals surface area (Å²) in [6.07, 6.45) is 18.9. The van der Waals surface area contributed by atoms with Crippen LogP contribution in [0.2, 0.25) is 0 Å². The fraction of sp³-hybridized carbons (Fsp3) is 0.654. The second kappa shape index (κ2) is 6.06. The van der Waals surface area contributed by atoms with Gasteiger partial charge in [-0.2, -0.15) is 0 Å². The third-order valence-corrected chi connectivity index (χ3v) is 9.26. The maximum atomic E-state index is 4.46. The van der Waals surface area contributed by atoms with Gasteiger partial charge in [-0.1, -0.05) is 38.5 Å². The number of hydrogen-bond acceptors (Lipinski definition) is 1. The van der Waals surface area contributed by atoms with Crippen LogP contribution in [0.1, 0.15) is 76.8 Å². The van der Waals surface area contributed by atoms with Gasteiger partial charge in [0.15, 0.2) is 0 Å². The Hall–Kier alpha value is -1.37. The van der Waals surface area contributed by atoms with E-state index in [1.165, 1.54) is 56.1 Å². The molecule has 4 aliphatic rings. The predicted molar refractivity (Wildman–Crippen MR) is 113 cm³/mol. The molecule has 0 aromatic carbocycles. The van der Waals surface area contributed by atoms with Crippen LogP contribution in [0.3, 0.4) is 0 Å². The van der Waals surface area contributed by atoms with Crippen molar-refractivity contribution >= 4 is 5.57 Å². The predicted octanol–water partition coefficient (Wildman–Crippen LogP) is 6.98. The van der Waals surface area contributed by atoms with E-state index in [4.69, 9.17) is 0 Å². The lowest BCUT2D eigenvalue weighted by molar-refractivity contribution is -0.0137. The Morgan fingerprint density at radius 1 is 1.00 bits per heavy atom. The lowest BCUT2D eigenvalue weighted by atomic mass is 9.47. The molecular weight excluding hydrogens is 326 g/mol. The monoisotopic (exact) mass is 361 g/mol. The van der Waals surface area contributed by atoms with E-state index >= 15 is 0 Å². The molecule has 0 radical (unpaired) electrons. The minimum Gasteiger partial charge on any atom is -0.264 e. The van der Waals surface area contributed by atoms with E-state index in [9.17, 15) is 0 Å². The summed E-state index contributed by atoms with van der Waals surface area (Å²) in [6.45, 7) is 9.90. The average Bonchev–Trinajstić information content (AvgIpc) is 3.00. The zero-order valence-electron chi connectivity index (χ0n) is 17.6. The summed E-state index contributed by atoms with van der Waals surface area (Å²) in [5.74, 6) is 3.49. The molecule has 0 unspecified atom stereocenters. The molecule has 1 heteroatoms. The molecule has 1 aromatic rings.